The summed E-state index contributed by atoms with van der Waals surface area (Å²) in [5.74, 6) is -1.27. The van der Waals surface area contributed by atoms with E-state index >= 15 is 0 Å². The largest absolute Gasteiger partial charge is 0.463 e. The van der Waals surface area contributed by atoms with Gasteiger partial charge < -0.3 is 38.6 Å². The summed E-state index contributed by atoms with van der Waals surface area (Å²) in [4.78, 5) is 36.8. The fraction of sp³-hybridized carbons (Fsp3) is 0.780. The number of aliphatic hydroxyl groups is 2. The summed E-state index contributed by atoms with van der Waals surface area (Å²) in [7, 11) is -3.93. The van der Waals surface area contributed by atoms with E-state index in [1.54, 1.807) is 24.3 Å². The molecule has 2 saturated heterocycles. The molecule has 1 aromatic carbocycles. The van der Waals surface area contributed by atoms with Crippen LogP contribution in [0.4, 0.5) is 0 Å². The molecule has 4 fully saturated rings. The van der Waals surface area contributed by atoms with E-state index in [9.17, 15) is 33.0 Å². The highest BCUT2D eigenvalue weighted by atomic mass is 32.2. The van der Waals surface area contributed by atoms with Crippen molar-refractivity contribution in [2.24, 2.45) is 35.5 Å². The molecule has 2 heterocycles. The monoisotopic (exact) mass is 1060 g/mol. The maximum absolute atomic E-state index is 13.3. The topological polar surface area (TPSA) is 190 Å². The number of esters is 2. The molecule has 0 aromatic heterocycles. The van der Waals surface area contributed by atoms with Gasteiger partial charge in [-0.15, -0.1) is 0 Å². The molecular formula is C59H96O14S. The molecule has 7 atom stereocenters. The lowest BCUT2D eigenvalue weighted by molar-refractivity contribution is -0.171. The first-order valence-electron chi connectivity index (χ1n) is 28.5. The van der Waals surface area contributed by atoms with Gasteiger partial charge in [-0.1, -0.05) is 81.5 Å². The highest BCUT2D eigenvalue weighted by Crippen LogP contribution is 2.46. The van der Waals surface area contributed by atoms with Gasteiger partial charge in [-0.2, -0.15) is 8.42 Å². The standard InChI is InChI=1S/C33H50O8S.C26H46O6/c1-5-6-11-19-33(38-21-22-39-33)20-18-29-27(24-40-42(36,37)28-16-14-26(4)15-17-28)23-31(34)30(29)12-9-7-8-10-13-32(35)41-25(2)3;1-4-5-10-14-26(30-16-17-31-26)15-13-22-21(19-27)18-24(28)23(22)11-8-6-7-9-12-25(29)32-20(2)3/h7,9,14-17,25,27,29-30H,5-6,8,10-13,18-24H2,1-4H3;6,8,20-24,27-28H,4-5,7,9-19H2,1-3H3/t27-,29-,30+;21-,22-,23+,24-/m00/s1. The van der Waals surface area contributed by atoms with Crippen LogP contribution >= 0.6 is 0 Å². The van der Waals surface area contributed by atoms with E-state index in [-0.39, 0.29) is 96.1 Å². The third-order valence-electron chi connectivity index (χ3n) is 15.2. The second-order valence-electron chi connectivity index (χ2n) is 21.8. The van der Waals surface area contributed by atoms with E-state index < -0.39 is 21.7 Å². The zero-order chi connectivity index (χ0) is 54.0. The number of rotatable bonds is 33. The van der Waals surface area contributed by atoms with Crippen molar-refractivity contribution in [2.45, 2.75) is 225 Å². The van der Waals surface area contributed by atoms with Crippen LogP contribution in [0.5, 0.6) is 0 Å². The van der Waals surface area contributed by atoms with Gasteiger partial charge in [0, 0.05) is 57.5 Å². The Hall–Kier alpha value is -3.02. The van der Waals surface area contributed by atoms with Crippen LogP contribution in [0, 0.1) is 42.4 Å². The van der Waals surface area contributed by atoms with Crippen molar-refractivity contribution in [1.29, 1.82) is 0 Å². The van der Waals surface area contributed by atoms with Crippen LogP contribution in [0.1, 0.15) is 188 Å². The average Bonchev–Trinajstić information content (AvgIpc) is 4.16. The first-order chi connectivity index (χ1) is 35.5. The molecule has 422 valence electrons. The highest BCUT2D eigenvalue weighted by molar-refractivity contribution is 7.86. The average molecular weight is 1060 g/mol. The van der Waals surface area contributed by atoms with E-state index in [0.29, 0.717) is 71.4 Å². The minimum atomic E-state index is -3.93. The molecule has 4 aliphatic rings. The number of aryl methyl sites for hydroxylation is 1. The smallest absolute Gasteiger partial charge is 0.306 e. The van der Waals surface area contributed by atoms with E-state index in [2.05, 4.69) is 26.0 Å². The SMILES string of the molecule is CCCCCC1(CC[C@H]2[C@H](CO)C[C@H](O)[C@@H]2CC=CCCCC(=O)OC(C)C)OCCO1.CCCCCC1(CC[C@H]2[C@H](COS(=O)(=O)c3ccc(C)cc3)CC(=O)[C@@H]2CC=CCCCC(=O)OC(C)C)OCCO1. The lowest BCUT2D eigenvalue weighted by Crippen LogP contribution is -2.32. The number of Topliss-reactive ketones (excluding diaryl/α,β-unsaturated/α-hetero) is 1. The molecule has 0 amide bonds. The molecular weight excluding hydrogens is 965 g/mol. The highest BCUT2D eigenvalue weighted by Gasteiger charge is 2.46. The molecule has 1 aromatic rings. The molecule has 5 rings (SSSR count). The van der Waals surface area contributed by atoms with Gasteiger partial charge in [0.1, 0.15) is 5.78 Å². The van der Waals surface area contributed by atoms with Crippen molar-refractivity contribution in [3.05, 3.63) is 54.1 Å². The Morgan fingerprint density at radius 1 is 0.689 bits per heavy atom. The van der Waals surface area contributed by atoms with Gasteiger partial charge >= 0.3 is 11.9 Å². The summed E-state index contributed by atoms with van der Waals surface area (Å²) >= 11 is 0. The molecule has 14 nitrogen and oxygen atoms in total. The van der Waals surface area contributed by atoms with Crippen LogP contribution in [0.25, 0.3) is 0 Å². The lowest BCUT2D eigenvalue weighted by atomic mass is 9.82. The van der Waals surface area contributed by atoms with Gasteiger partial charge in [-0.3, -0.25) is 18.6 Å². The summed E-state index contributed by atoms with van der Waals surface area (Å²) in [5, 5.41) is 20.6. The maximum Gasteiger partial charge on any atom is 0.306 e. The normalized spacial score (nSPS) is 24.6. The molecule has 0 bridgehead atoms. The fourth-order valence-electron chi connectivity index (χ4n) is 11.3. The Kier molecular flexibility index (Phi) is 28.6. The van der Waals surface area contributed by atoms with E-state index in [0.717, 1.165) is 82.6 Å². The minimum Gasteiger partial charge on any atom is -0.463 e. The van der Waals surface area contributed by atoms with Crippen molar-refractivity contribution in [1.82, 2.24) is 0 Å². The predicted octanol–water partition coefficient (Wildman–Crippen LogP) is 11.5. The van der Waals surface area contributed by atoms with Gasteiger partial charge in [0.15, 0.2) is 11.6 Å². The number of allylic oxidation sites excluding steroid dienone is 4. The zero-order valence-electron chi connectivity index (χ0n) is 46.3. The third-order valence-corrected chi connectivity index (χ3v) is 16.5. The lowest BCUT2D eigenvalue weighted by Gasteiger charge is -2.31. The first-order valence-corrected chi connectivity index (χ1v) is 29.9. The molecule has 74 heavy (non-hydrogen) atoms. The number of carbonyl (C=O) groups is 3. The van der Waals surface area contributed by atoms with E-state index in [1.165, 1.54) is 12.8 Å². The fourth-order valence-corrected chi connectivity index (χ4v) is 12.2. The van der Waals surface area contributed by atoms with Crippen molar-refractivity contribution >= 4 is 27.8 Å². The number of ether oxygens (including phenoxy) is 6. The van der Waals surface area contributed by atoms with E-state index in [1.807, 2.05) is 46.8 Å². The first kappa shape index (κ1) is 63.5. The number of hydrogen-bond acceptors (Lipinski definition) is 14. The molecule has 0 unspecified atom stereocenters. The quantitative estimate of drug-likeness (QED) is 0.0292. The zero-order valence-corrected chi connectivity index (χ0v) is 47.1. The second-order valence-corrected chi connectivity index (χ2v) is 23.4. The Bertz CT molecular complexity index is 1930. The summed E-state index contributed by atoms with van der Waals surface area (Å²) in [6.07, 6.45) is 25.3. The Morgan fingerprint density at radius 3 is 1.68 bits per heavy atom. The number of carbonyl (C=O) groups excluding carboxylic acids is 3. The molecule has 2 saturated carbocycles. The van der Waals surface area contributed by atoms with Crippen molar-refractivity contribution in [3.8, 4) is 0 Å². The molecule has 2 aliphatic carbocycles. The van der Waals surface area contributed by atoms with Crippen LogP contribution in [0.15, 0.2) is 53.5 Å². The Labute approximate surface area is 445 Å². The van der Waals surface area contributed by atoms with Crippen LogP contribution in [0.2, 0.25) is 0 Å². The van der Waals surface area contributed by atoms with Gasteiger partial charge in [0.25, 0.3) is 10.1 Å². The summed E-state index contributed by atoms with van der Waals surface area (Å²) < 4.78 is 66.0. The molecule has 2 aliphatic heterocycles. The van der Waals surface area contributed by atoms with Crippen molar-refractivity contribution in [3.63, 3.8) is 0 Å². The Morgan fingerprint density at radius 2 is 1.19 bits per heavy atom. The number of unbranched alkanes of at least 4 members (excludes halogenated alkanes) is 6. The van der Waals surface area contributed by atoms with Gasteiger partial charge in [0.05, 0.1) is 56.2 Å². The molecule has 0 spiro atoms. The predicted molar refractivity (Wildman–Crippen MR) is 286 cm³/mol. The minimum absolute atomic E-state index is 0.0324. The van der Waals surface area contributed by atoms with Crippen molar-refractivity contribution in [2.75, 3.05) is 39.6 Å². The van der Waals surface area contributed by atoms with Gasteiger partial charge in [-0.25, -0.2) is 0 Å². The molecule has 15 heteroatoms. The number of hydrogen-bond donors (Lipinski definition) is 2. The third kappa shape index (κ3) is 21.8. The van der Waals surface area contributed by atoms with Crippen LogP contribution in [-0.2, 0) is 57.1 Å². The van der Waals surface area contributed by atoms with Crippen LogP contribution < -0.4 is 0 Å². The summed E-state index contributed by atoms with van der Waals surface area (Å²) in [6.45, 7) is 16.2. The second kappa shape index (κ2) is 33.3. The number of aliphatic hydroxyl groups excluding tert-OH is 2. The summed E-state index contributed by atoms with van der Waals surface area (Å²) in [6, 6.07) is 6.58. The number of benzene rings is 1. The molecule has 0 radical (unpaired) electrons. The van der Waals surface area contributed by atoms with Gasteiger partial charge in [0.2, 0.25) is 0 Å². The van der Waals surface area contributed by atoms with Crippen LogP contribution in [-0.4, -0.2) is 106 Å². The maximum atomic E-state index is 13.3. The van der Waals surface area contributed by atoms with Crippen LogP contribution in [0.3, 0.4) is 0 Å². The Balaban J connectivity index is 0.000000333. The summed E-state index contributed by atoms with van der Waals surface area (Å²) in [5.41, 5.74) is 0.964. The van der Waals surface area contributed by atoms with E-state index in [4.69, 9.17) is 32.6 Å². The van der Waals surface area contributed by atoms with Gasteiger partial charge in [-0.05, 0) is 147 Å². The number of ketones is 1. The van der Waals surface area contributed by atoms with Crippen molar-refractivity contribution < 1.29 is 65.6 Å². The molecule has 2 N–H and O–H groups in total.